The van der Waals surface area contributed by atoms with Gasteiger partial charge in [0, 0.05) is 17.8 Å². The van der Waals surface area contributed by atoms with Gasteiger partial charge in [-0.05, 0) is 60.0 Å². The predicted molar refractivity (Wildman–Crippen MR) is 92.3 cm³/mol. The molecule has 0 radical (unpaired) electrons. The summed E-state index contributed by atoms with van der Waals surface area (Å²) < 4.78 is 6.06. The van der Waals surface area contributed by atoms with Gasteiger partial charge in [0.05, 0.1) is 11.6 Å². The second-order valence-electron chi connectivity index (χ2n) is 5.12. The Bertz CT molecular complexity index is 686. The minimum atomic E-state index is -0.125. The van der Waals surface area contributed by atoms with Crippen molar-refractivity contribution < 1.29 is 9.53 Å². The summed E-state index contributed by atoms with van der Waals surface area (Å²) >= 11 is 3.43. The second kappa shape index (κ2) is 7.92. The van der Waals surface area contributed by atoms with E-state index in [4.69, 9.17) is 4.74 Å². The summed E-state index contributed by atoms with van der Waals surface area (Å²) in [5, 5.41) is 0. The Morgan fingerprint density at radius 2 is 1.91 bits per heavy atom. The summed E-state index contributed by atoms with van der Waals surface area (Å²) in [5.74, 6) is 1.04. The lowest BCUT2D eigenvalue weighted by Gasteiger charge is -2.09. The fraction of sp³-hybridized carbons (Fsp3) is 0.312. The quantitative estimate of drug-likeness (QED) is 0.755. The Labute approximate surface area is 143 Å². The topological polar surface area (TPSA) is 76.1 Å². The van der Waals surface area contributed by atoms with E-state index in [1.807, 2.05) is 38.1 Å². The van der Waals surface area contributed by atoms with Crippen molar-refractivity contribution in [2.24, 2.45) is 0 Å². The number of carbonyl (C=O) groups excluding carboxylic acids is 1. The molecule has 0 aliphatic carbocycles. The normalized spacial score (nSPS) is 10.3. The molecule has 0 atom stereocenters. The van der Waals surface area contributed by atoms with Crippen molar-refractivity contribution in [3.05, 3.63) is 45.7 Å². The number of methoxy groups -OCH3 is 1. The van der Waals surface area contributed by atoms with Crippen LogP contribution in [-0.4, -0.2) is 23.0 Å². The molecule has 2 N–H and O–H groups in total. The Balaban J connectivity index is 1.84. The third kappa shape index (κ3) is 5.21. The molecular weight excluding hydrogens is 360 g/mol. The van der Waals surface area contributed by atoms with Gasteiger partial charge >= 0.3 is 0 Å². The van der Waals surface area contributed by atoms with E-state index in [-0.39, 0.29) is 5.91 Å². The van der Waals surface area contributed by atoms with Gasteiger partial charge in [-0.1, -0.05) is 6.07 Å². The van der Waals surface area contributed by atoms with Crippen LogP contribution in [0.15, 0.2) is 28.7 Å². The average molecular weight is 379 g/mol. The maximum absolute atomic E-state index is 11.9. The van der Waals surface area contributed by atoms with Gasteiger partial charge in [0.1, 0.15) is 5.75 Å². The van der Waals surface area contributed by atoms with Crippen molar-refractivity contribution in [1.29, 1.82) is 0 Å². The highest BCUT2D eigenvalue weighted by molar-refractivity contribution is 9.10. The summed E-state index contributed by atoms with van der Waals surface area (Å²) in [5.41, 5.74) is 8.09. The molecule has 0 unspecified atom stereocenters. The van der Waals surface area contributed by atoms with Crippen LogP contribution in [-0.2, 0) is 11.2 Å². The lowest BCUT2D eigenvalue weighted by Crippen LogP contribution is -2.30. The summed E-state index contributed by atoms with van der Waals surface area (Å²) in [6.45, 7) is 3.76. The summed E-state index contributed by atoms with van der Waals surface area (Å²) in [6.07, 6.45) is 0.986. The van der Waals surface area contributed by atoms with Crippen molar-refractivity contribution in [2.75, 3.05) is 12.5 Å². The highest BCUT2D eigenvalue weighted by Gasteiger charge is 2.06. The standard InChI is InChI=1S/C16H19BrN4O2/c1-10-8-11(2)19-16(18-10)21-20-15(22)7-5-12-4-6-14(23-3)13(17)9-12/h4,6,8-9H,5,7H2,1-3H3,(H,20,22)(H,18,19,21). The van der Waals surface area contributed by atoms with Gasteiger partial charge in [0.15, 0.2) is 0 Å². The monoisotopic (exact) mass is 378 g/mol. The Morgan fingerprint density at radius 1 is 1.22 bits per heavy atom. The van der Waals surface area contributed by atoms with Crippen molar-refractivity contribution in [1.82, 2.24) is 15.4 Å². The third-order valence-electron chi connectivity index (χ3n) is 3.15. The highest BCUT2D eigenvalue weighted by atomic mass is 79.9. The number of rotatable bonds is 6. The summed E-state index contributed by atoms with van der Waals surface area (Å²) in [7, 11) is 1.62. The largest absolute Gasteiger partial charge is 0.496 e. The number of nitrogens with zero attached hydrogens (tertiary/aromatic N) is 2. The molecule has 2 rings (SSSR count). The zero-order valence-electron chi connectivity index (χ0n) is 13.3. The first-order chi connectivity index (χ1) is 11.0. The van der Waals surface area contributed by atoms with E-state index in [2.05, 4.69) is 36.7 Å². The number of halogens is 1. The van der Waals surface area contributed by atoms with Gasteiger partial charge in [-0.2, -0.15) is 0 Å². The minimum absolute atomic E-state index is 0.125. The van der Waals surface area contributed by atoms with Crippen molar-refractivity contribution in [3.8, 4) is 5.75 Å². The van der Waals surface area contributed by atoms with Crippen LogP contribution in [0.5, 0.6) is 5.75 Å². The molecule has 0 spiro atoms. The van der Waals surface area contributed by atoms with E-state index in [0.717, 1.165) is 27.2 Å². The molecule has 2 aromatic rings. The number of carbonyl (C=O) groups is 1. The van der Waals surface area contributed by atoms with Crippen molar-refractivity contribution >= 4 is 27.8 Å². The van der Waals surface area contributed by atoms with Crippen LogP contribution in [0.2, 0.25) is 0 Å². The van der Waals surface area contributed by atoms with Crippen molar-refractivity contribution in [2.45, 2.75) is 26.7 Å². The molecule has 0 saturated heterocycles. The van der Waals surface area contributed by atoms with Gasteiger partial charge in [-0.25, -0.2) is 9.97 Å². The number of hydrogen-bond donors (Lipinski definition) is 2. The number of nitrogens with one attached hydrogen (secondary N) is 2. The molecule has 0 aliphatic rings. The van der Waals surface area contributed by atoms with E-state index in [1.54, 1.807) is 7.11 Å². The summed E-state index contributed by atoms with van der Waals surface area (Å²) in [4.78, 5) is 20.3. The first-order valence-electron chi connectivity index (χ1n) is 7.17. The molecular formula is C16H19BrN4O2. The van der Waals surface area contributed by atoms with Crippen LogP contribution in [0.25, 0.3) is 0 Å². The van der Waals surface area contributed by atoms with E-state index in [9.17, 15) is 4.79 Å². The molecule has 1 heterocycles. The fourth-order valence-electron chi connectivity index (χ4n) is 2.09. The van der Waals surface area contributed by atoms with E-state index >= 15 is 0 Å². The number of benzene rings is 1. The third-order valence-corrected chi connectivity index (χ3v) is 3.77. The number of aromatic nitrogens is 2. The Hall–Kier alpha value is -2.15. The molecule has 0 aliphatic heterocycles. The number of anilines is 1. The molecule has 122 valence electrons. The number of ether oxygens (including phenoxy) is 1. The number of hydrogen-bond acceptors (Lipinski definition) is 5. The van der Waals surface area contributed by atoms with Crippen molar-refractivity contribution in [3.63, 3.8) is 0 Å². The summed E-state index contributed by atoms with van der Waals surface area (Å²) in [6, 6.07) is 7.64. The molecule has 1 amide bonds. The minimum Gasteiger partial charge on any atom is -0.496 e. The van der Waals surface area contributed by atoms with Gasteiger partial charge in [0.25, 0.3) is 0 Å². The first-order valence-corrected chi connectivity index (χ1v) is 7.97. The SMILES string of the molecule is COc1ccc(CCC(=O)NNc2nc(C)cc(C)n2)cc1Br. The maximum atomic E-state index is 11.9. The molecule has 7 heteroatoms. The van der Waals surface area contributed by atoms with Crippen LogP contribution in [0.4, 0.5) is 5.95 Å². The molecule has 0 bridgehead atoms. The highest BCUT2D eigenvalue weighted by Crippen LogP contribution is 2.25. The number of hydrazine groups is 1. The van der Waals surface area contributed by atoms with Crippen LogP contribution < -0.4 is 15.6 Å². The molecule has 0 saturated carbocycles. The lowest BCUT2D eigenvalue weighted by atomic mass is 10.1. The molecule has 1 aromatic carbocycles. The molecule has 23 heavy (non-hydrogen) atoms. The lowest BCUT2D eigenvalue weighted by molar-refractivity contribution is -0.120. The van der Waals surface area contributed by atoms with Gasteiger partial charge in [-0.3, -0.25) is 15.6 Å². The van der Waals surface area contributed by atoms with E-state index in [0.29, 0.717) is 18.8 Å². The van der Waals surface area contributed by atoms with Gasteiger partial charge in [0.2, 0.25) is 11.9 Å². The predicted octanol–water partition coefficient (Wildman–Crippen LogP) is 2.94. The zero-order valence-corrected chi connectivity index (χ0v) is 14.9. The number of aryl methyl sites for hydroxylation is 3. The van der Waals surface area contributed by atoms with Crippen LogP contribution >= 0.6 is 15.9 Å². The van der Waals surface area contributed by atoms with Crippen LogP contribution in [0, 0.1) is 13.8 Å². The Kier molecular flexibility index (Phi) is 5.92. The zero-order chi connectivity index (χ0) is 16.8. The average Bonchev–Trinajstić information content (AvgIpc) is 2.50. The molecule has 6 nitrogen and oxygen atoms in total. The van der Waals surface area contributed by atoms with Crippen LogP contribution in [0.1, 0.15) is 23.4 Å². The Morgan fingerprint density at radius 3 is 2.52 bits per heavy atom. The van der Waals surface area contributed by atoms with E-state index < -0.39 is 0 Å². The smallest absolute Gasteiger partial charge is 0.242 e. The van der Waals surface area contributed by atoms with Gasteiger partial charge < -0.3 is 4.74 Å². The maximum Gasteiger partial charge on any atom is 0.242 e. The first kappa shape index (κ1) is 17.2. The fourth-order valence-corrected chi connectivity index (χ4v) is 2.68. The number of amides is 1. The second-order valence-corrected chi connectivity index (χ2v) is 5.97. The van der Waals surface area contributed by atoms with Crippen LogP contribution in [0.3, 0.4) is 0 Å². The van der Waals surface area contributed by atoms with Gasteiger partial charge in [-0.15, -0.1) is 0 Å². The molecule has 0 fully saturated rings. The van der Waals surface area contributed by atoms with E-state index in [1.165, 1.54) is 0 Å². The molecule has 1 aromatic heterocycles.